The second kappa shape index (κ2) is 8.77. The van der Waals surface area contributed by atoms with Crippen molar-refractivity contribution in [2.24, 2.45) is 0 Å². The molecular weight excluding hydrogens is 402 g/mol. The maximum Gasteiger partial charge on any atom is 0.273 e. The zero-order valence-electron chi connectivity index (χ0n) is 12.5. The van der Waals surface area contributed by atoms with Crippen molar-refractivity contribution in [3.63, 3.8) is 0 Å². The third kappa shape index (κ3) is 5.00. The first-order chi connectivity index (χ1) is 10.7. The summed E-state index contributed by atoms with van der Waals surface area (Å²) in [5.74, 6) is -0.157. The third-order valence-corrected chi connectivity index (χ3v) is 5.39. The van der Waals surface area contributed by atoms with Gasteiger partial charge in [-0.05, 0) is 60.4 Å². The maximum atomic E-state index is 12.1. The average Bonchev–Trinajstić information content (AvgIpc) is 3.17. The third-order valence-electron chi connectivity index (χ3n) is 3.71. The van der Waals surface area contributed by atoms with Crippen molar-refractivity contribution in [2.75, 3.05) is 19.6 Å². The molecule has 0 atom stereocenters. The zero-order valence-corrected chi connectivity index (χ0v) is 15.7. The lowest BCUT2D eigenvalue weighted by Crippen LogP contribution is -2.29. The van der Waals surface area contributed by atoms with E-state index in [1.54, 1.807) is 17.5 Å². The number of hydrogen-bond acceptors (Lipinski definition) is 5. The molecule has 0 radical (unpaired) electrons. The zero-order chi connectivity index (χ0) is 15.4. The predicted octanol–water partition coefficient (Wildman–Crippen LogP) is 2.42. The van der Waals surface area contributed by atoms with Gasteiger partial charge in [0.05, 0.1) is 16.0 Å². The first kappa shape index (κ1) is 18.4. The van der Waals surface area contributed by atoms with E-state index >= 15 is 0 Å². The van der Waals surface area contributed by atoms with E-state index in [4.69, 9.17) is 0 Å². The summed E-state index contributed by atoms with van der Waals surface area (Å²) in [5.41, 5.74) is 0.394. The quantitative estimate of drug-likeness (QED) is 0.779. The molecule has 9 heteroatoms. The molecule has 6 nitrogen and oxygen atoms in total. The highest BCUT2D eigenvalue weighted by Crippen LogP contribution is 2.22. The standard InChI is InChI=1S/C14H18BrN5OS.ClH/c15-13-2-1-11(22-13)5-8-17-14(21)12-9-20(19-18-12)10-3-6-16-7-4-10;/h1-2,9-10,16H,3-8H2,(H,17,21);1H. The SMILES string of the molecule is Cl.O=C(NCCc1ccc(Br)s1)c1cn(C2CCNCC2)nn1. The number of halogens is 2. The van der Waals surface area contributed by atoms with Gasteiger partial charge in [-0.25, -0.2) is 4.68 Å². The van der Waals surface area contributed by atoms with E-state index in [-0.39, 0.29) is 18.3 Å². The van der Waals surface area contributed by atoms with E-state index in [1.807, 2.05) is 10.7 Å². The van der Waals surface area contributed by atoms with Crippen molar-refractivity contribution in [3.8, 4) is 0 Å². The molecular formula is C14H19BrClN5OS. The summed E-state index contributed by atoms with van der Waals surface area (Å²) < 4.78 is 2.94. The highest BCUT2D eigenvalue weighted by molar-refractivity contribution is 9.11. The molecule has 0 unspecified atom stereocenters. The van der Waals surface area contributed by atoms with Crippen molar-refractivity contribution in [2.45, 2.75) is 25.3 Å². The topological polar surface area (TPSA) is 71.8 Å². The van der Waals surface area contributed by atoms with Crippen LogP contribution in [-0.4, -0.2) is 40.5 Å². The molecule has 2 N–H and O–H groups in total. The number of aromatic nitrogens is 3. The Hall–Kier alpha value is -0.960. The van der Waals surface area contributed by atoms with Crippen LogP contribution in [0.1, 0.15) is 34.2 Å². The van der Waals surface area contributed by atoms with Crippen LogP contribution in [0.3, 0.4) is 0 Å². The summed E-state index contributed by atoms with van der Waals surface area (Å²) in [6, 6.07) is 4.43. The summed E-state index contributed by atoms with van der Waals surface area (Å²) in [6.45, 7) is 2.58. The van der Waals surface area contributed by atoms with Crippen LogP contribution in [0.2, 0.25) is 0 Å². The van der Waals surface area contributed by atoms with Crippen LogP contribution < -0.4 is 10.6 Å². The first-order valence-electron chi connectivity index (χ1n) is 7.37. The number of amides is 1. The van der Waals surface area contributed by atoms with Gasteiger partial charge in [0, 0.05) is 11.4 Å². The fourth-order valence-corrected chi connectivity index (χ4v) is 3.99. The van der Waals surface area contributed by atoms with Crippen molar-refractivity contribution >= 4 is 45.6 Å². The molecule has 3 rings (SSSR count). The molecule has 1 aliphatic rings. The predicted molar refractivity (Wildman–Crippen MR) is 96.5 cm³/mol. The molecule has 0 saturated carbocycles. The molecule has 0 spiro atoms. The van der Waals surface area contributed by atoms with Gasteiger partial charge in [0.2, 0.25) is 0 Å². The number of piperidine rings is 1. The van der Waals surface area contributed by atoms with Gasteiger partial charge in [-0.15, -0.1) is 28.8 Å². The first-order valence-corrected chi connectivity index (χ1v) is 8.98. The fourth-order valence-electron chi connectivity index (χ4n) is 2.51. The smallest absolute Gasteiger partial charge is 0.273 e. The Morgan fingerprint density at radius 1 is 1.43 bits per heavy atom. The van der Waals surface area contributed by atoms with E-state index in [9.17, 15) is 4.79 Å². The Morgan fingerprint density at radius 2 is 2.22 bits per heavy atom. The number of nitrogens with zero attached hydrogens (tertiary/aromatic N) is 3. The second-order valence-corrected chi connectivity index (χ2v) is 7.82. The average molecular weight is 421 g/mol. The van der Waals surface area contributed by atoms with Gasteiger partial charge in [-0.3, -0.25) is 4.79 Å². The lowest BCUT2D eigenvalue weighted by atomic mass is 10.1. The van der Waals surface area contributed by atoms with Gasteiger partial charge in [-0.1, -0.05) is 5.21 Å². The van der Waals surface area contributed by atoms with Gasteiger partial charge in [0.25, 0.3) is 5.91 Å². The Bertz CT molecular complexity index is 641. The number of carbonyl (C=O) groups excluding carboxylic acids is 1. The van der Waals surface area contributed by atoms with Crippen LogP contribution in [0.15, 0.2) is 22.1 Å². The maximum absolute atomic E-state index is 12.1. The van der Waals surface area contributed by atoms with Gasteiger partial charge >= 0.3 is 0 Å². The summed E-state index contributed by atoms with van der Waals surface area (Å²) in [6.07, 6.45) is 4.63. The van der Waals surface area contributed by atoms with E-state index in [0.717, 1.165) is 36.1 Å². The van der Waals surface area contributed by atoms with E-state index < -0.39 is 0 Å². The summed E-state index contributed by atoms with van der Waals surface area (Å²) in [7, 11) is 0. The largest absolute Gasteiger partial charge is 0.350 e. The van der Waals surface area contributed by atoms with Crippen LogP contribution in [0, 0.1) is 0 Å². The second-order valence-electron chi connectivity index (χ2n) is 5.28. The number of nitrogens with one attached hydrogen (secondary N) is 2. The number of thiophene rings is 1. The molecule has 0 aromatic carbocycles. The van der Waals surface area contributed by atoms with Crippen LogP contribution in [0.5, 0.6) is 0 Å². The van der Waals surface area contributed by atoms with Gasteiger partial charge in [0.1, 0.15) is 0 Å². The molecule has 1 saturated heterocycles. The molecule has 126 valence electrons. The molecule has 0 aliphatic carbocycles. The van der Waals surface area contributed by atoms with Gasteiger partial charge in [0.15, 0.2) is 5.69 Å². The van der Waals surface area contributed by atoms with Crippen molar-refractivity contribution in [1.82, 2.24) is 25.6 Å². The van der Waals surface area contributed by atoms with Crippen molar-refractivity contribution < 1.29 is 4.79 Å². The van der Waals surface area contributed by atoms with Gasteiger partial charge in [-0.2, -0.15) is 0 Å². The van der Waals surface area contributed by atoms with E-state index in [2.05, 4.69) is 42.9 Å². The minimum atomic E-state index is -0.157. The molecule has 2 aromatic heterocycles. The highest BCUT2D eigenvalue weighted by atomic mass is 79.9. The summed E-state index contributed by atoms with van der Waals surface area (Å²) in [4.78, 5) is 13.3. The highest BCUT2D eigenvalue weighted by Gasteiger charge is 2.18. The summed E-state index contributed by atoms with van der Waals surface area (Å²) in [5, 5.41) is 14.3. The number of hydrogen-bond donors (Lipinski definition) is 2. The monoisotopic (exact) mass is 419 g/mol. The Labute approximate surface area is 153 Å². The molecule has 0 bridgehead atoms. The van der Waals surface area contributed by atoms with E-state index in [1.165, 1.54) is 4.88 Å². The van der Waals surface area contributed by atoms with Crippen LogP contribution >= 0.6 is 39.7 Å². The Balaban J connectivity index is 0.00000192. The minimum absolute atomic E-state index is 0. The molecule has 1 aliphatic heterocycles. The number of rotatable bonds is 5. The Kier molecular flexibility index (Phi) is 7.01. The number of carbonyl (C=O) groups is 1. The van der Waals surface area contributed by atoms with Crippen molar-refractivity contribution in [3.05, 3.63) is 32.7 Å². The minimum Gasteiger partial charge on any atom is -0.350 e. The van der Waals surface area contributed by atoms with Crippen molar-refractivity contribution in [1.29, 1.82) is 0 Å². The molecule has 2 aromatic rings. The molecule has 1 amide bonds. The lowest BCUT2D eigenvalue weighted by molar-refractivity contribution is 0.0949. The van der Waals surface area contributed by atoms with Gasteiger partial charge < -0.3 is 10.6 Å². The lowest BCUT2D eigenvalue weighted by Gasteiger charge is -2.22. The van der Waals surface area contributed by atoms with E-state index in [0.29, 0.717) is 18.3 Å². The van der Waals surface area contributed by atoms with Crippen LogP contribution in [0.25, 0.3) is 0 Å². The summed E-state index contributed by atoms with van der Waals surface area (Å²) >= 11 is 5.12. The normalized spacial score (nSPS) is 15.2. The van der Waals surface area contributed by atoms with Crippen LogP contribution in [-0.2, 0) is 6.42 Å². The van der Waals surface area contributed by atoms with Crippen LogP contribution in [0.4, 0.5) is 0 Å². The molecule has 23 heavy (non-hydrogen) atoms. The Morgan fingerprint density at radius 3 is 2.91 bits per heavy atom. The molecule has 3 heterocycles. The molecule has 1 fully saturated rings. The fraction of sp³-hybridized carbons (Fsp3) is 0.500.